The number of hydrogen-bond acceptors (Lipinski definition) is 5. The number of carbonyl (C=O) groups excluding carboxylic acids is 3. The molecular formula is C26H31FN2O5. The Morgan fingerprint density at radius 1 is 1.12 bits per heavy atom. The summed E-state index contributed by atoms with van der Waals surface area (Å²) < 4.78 is 23.7. The monoisotopic (exact) mass is 470 g/mol. The summed E-state index contributed by atoms with van der Waals surface area (Å²) in [5.41, 5.74) is 2.09. The second kappa shape index (κ2) is 12.3. The summed E-state index contributed by atoms with van der Waals surface area (Å²) in [7, 11) is 1.44. The van der Waals surface area contributed by atoms with E-state index in [0.717, 1.165) is 18.4 Å². The van der Waals surface area contributed by atoms with Gasteiger partial charge >= 0.3 is 5.97 Å². The summed E-state index contributed by atoms with van der Waals surface area (Å²) in [5, 5.41) is 0. The maximum absolute atomic E-state index is 13.6. The molecule has 3 rings (SSSR count). The van der Waals surface area contributed by atoms with Crippen molar-refractivity contribution >= 4 is 23.5 Å². The zero-order chi connectivity index (χ0) is 24.5. The van der Waals surface area contributed by atoms with E-state index in [2.05, 4.69) is 0 Å². The minimum absolute atomic E-state index is 0.0474. The molecule has 0 unspecified atom stereocenters. The van der Waals surface area contributed by atoms with Gasteiger partial charge in [-0.05, 0) is 55.2 Å². The number of piperidine rings is 1. The van der Waals surface area contributed by atoms with E-state index in [1.54, 1.807) is 48.2 Å². The Labute approximate surface area is 199 Å². The lowest BCUT2D eigenvalue weighted by atomic mass is 9.97. The van der Waals surface area contributed by atoms with Gasteiger partial charge in [0.15, 0.2) is 0 Å². The topological polar surface area (TPSA) is 76.2 Å². The van der Waals surface area contributed by atoms with Crippen LogP contribution in [0.5, 0.6) is 0 Å². The Morgan fingerprint density at radius 3 is 2.56 bits per heavy atom. The highest BCUT2D eigenvalue weighted by Gasteiger charge is 2.29. The van der Waals surface area contributed by atoms with Crippen LogP contribution in [0.25, 0.3) is 0 Å². The van der Waals surface area contributed by atoms with E-state index in [1.807, 2.05) is 0 Å². The summed E-state index contributed by atoms with van der Waals surface area (Å²) in [5.74, 6) is -1.19. The van der Waals surface area contributed by atoms with E-state index in [9.17, 15) is 18.8 Å². The fourth-order valence-corrected chi connectivity index (χ4v) is 4.08. The quantitative estimate of drug-likeness (QED) is 0.526. The Hall–Kier alpha value is -3.26. The first-order chi connectivity index (χ1) is 16.4. The van der Waals surface area contributed by atoms with Crippen molar-refractivity contribution in [3.05, 3.63) is 65.5 Å². The van der Waals surface area contributed by atoms with Gasteiger partial charge in [-0.15, -0.1) is 0 Å². The van der Waals surface area contributed by atoms with Gasteiger partial charge in [0.1, 0.15) is 12.4 Å². The molecule has 34 heavy (non-hydrogen) atoms. The van der Waals surface area contributed by atoms with Crippen molar-refractivity contribution in [1.82, 2.24) is 4.90 Å². The average molecular weight is 471 g/mol. The number of esters is 1. The minimum Gasteiger partial charge on any atom is -0.466 e. The molecule has 0 bridgehead atoms. The van der Waals surface area contributed by atoms with Crippen LogP contribution in [0.2, 0.25) is 0 Å². The van der Waals surface area contributed by atoms with Crippen LogP contribution in [-0.4, -0.2) is 56.1 Å². The molecule has 2 amide bonds. The van der Waals surface area contributed by atoms with Crippen molar-refractivity contribution in [2.24, 2.45) is 5.92 Å². The summed E-state index contributed by atoms with van der Waals surface area (Å²) in [6, 6.07) is 13.3. The third-order valence-corrected chi connectivity index (χ3v) is 5.80. The molecule has 8 heteroatoms. The summed E-state index contributed by atoms with van der Waals surface area (Å²) >= 11 is 0. The number of methoxy groups -OCH3 is 1. The highest BCUT2D eigenvalue weighted by Crippen LogP contribution is 2.22. The zero-order valence-corrected chi connectivity index (χ0v) is 19.7. The van der Waals surface area contributed by atoms with Crippen molar-refractivity contribution in [3.8, 4) is 0 Å². The number of rotatable bonds is 9. The maximum Gasteiger partial charge on any atom is 0.310 e. The van der Waals surface area contributed by atoms with Gasteiger partial charge in [0, 0.05) is 25.9 Å². The van der Waals surface area contributed by atoms with Crippen molar-refractivity contribution in [2.75, 3.05) is 38.3 Å². The highest BCUT2D eigenvalue weighted by molar-refractivity contribution is 5.94. The fraction of sp³-hybridized carbons (Fsp3) is 0.423. The molecule has 0 aliphatic carbocycles. The highest BCUT2D eigenvalue weighted by atomic mass is 19.1. The lowest BCUT2D eigenvalue weighted by molar-refractivity contribution is -0.151. The number of ether oxygens (including phenoxy) is 2. The molecule has 0 aromatic heterocycles. The van der Waals surface area contributed by atoms with Gasteiger partial charge in [-0.2, -0.15) is 0 Å². The van der Waals surface area contributed by atoms with E-state index in [4.69, 9.17) is 9.47 Å². The molecule has 0 radical (unpaired) electrons. The lowest BCUT2D eigenvalue weighted by Gasteiger charge is -2.31. The first-order valence-corrected chi connectivity index (χ1v) is 11.5. The number of halogens is 1. The Bertz CT molecular complexity index is 995. The normalized spacial score (nSPS) is 15.6. The van der Waals surface area contributed by atoms with E-state index in [1.165, 1.54) is 24.1 Å². The van der Waals surface area contributed by atoms with E-state index < -0.39 is 0 Å². The van der Waals surface area contributed by atoms with Crippen molar-refractivity contribution in [1.29, 1.82) is 0 Å². The smallest absolute Gasteiger partial charge is 0.310 e. The van der Waals surface area contributed by atoms with Crippen LogP contribution in [0.15, 0.2) is 48.5 Å². The average Bonchev–Trinajstić information content (AvgIpc) is 2.83. The molecule has 1 atom stereocenters. The number of hydrogen-bond donors (Lipinski definition) is 0. The second-order valence-electron chi connectivity index (χ2n) is 8.32. The number of nitrogens with zero attached hydrogens (tertiary/aromatic N) is 2. The van der Waals surface area contributed by atoms with Crippen LogP contribution in [0.4, 0.5) is 10.1 Å². The van der Waals surface area contributed by atoms with Crippen LogP contribution < -0.4 is 4.90 Å². The van der Waals surface area contributed by atoms with Gasteiger partial charge in [0.2, 0.25) is 5.91 Å². The first-order valence-electron chi connectivity index (χ1n) is 11.5. The van der Waals surface area contributed by atoms with Gasteiger partial charge in [-0.3, -0.25) is 14.4 Å². The Morgan fingerprint density at radius 2 is 1.88 bits per heavy atom. The minimum atomic E-state index is -0.367. The summed E-state index contributed by atoms with van der Waals surface area (Å²) in [4.78, 5) is 40.8. The molecule has 0 N–H and O–H groups in total. The van der Waals surface area contributed by atoms with E-state index >= 15 is 0 Å². The molecule has 1 fully saturated rings. The molecule has 182 valence electrons. The van der Waals surface area contributed by atoms with Gasteiger partial charge < -0.3 is 19.3 Å². The molecule has 2 aromatic rings. The Balaban J connectivity index is 1.67. The molecular weight excluding hydrogens is 439 g/mol. The SMILES string of the molecule is CCOC(=O)[C@H]1CCCN(C(=O)Cc2ccc(N(Cc3cccc(F)c3)C(=O)COC)cc2)C1. The van der Waals surface area contributed by atoms with Crippen molar-refractivity contribution in [2.45, 2.75) is 32.7 Å². The Kier molecular flexibility index (Phi) is 9.16. The molecule has 1 heterocycles. The maximum atomic E-state index is 13.6. The third kappa shape index (κ3) is 6.87. The number of likely N-dealkylation sites (tertiary alicyclic amines) is 1. The summed E-state index contributed by atoms with van der Waals surface area (Å²) in [6.45, 7) is 3.20. The predicted octanol–water partition coefficient (Wildman–Crippen LogP) is 3.35. The zero-order valence-electron chi connectivity index (χ0n) is 19.7. The molecule has 1 aliphatic rings. The van der Waals surface area contributed by atoms with Gasteiger partial charge in [0.05, 0.1) is 25.5 Å². The first kappa shape index (κ1) is 25.4. The standard InChI is InChI=1S/C26H31FN2O5/c1-3-34-26(32)21-7-5-13-28(17-21)24(30)15-19-9-11-23(12-10-19)29(25(31)18-33-2)16-20-6-4-8-22(27)14-20/h4,6,8-12,14,21H,3,5,7,13,15-18H2,1-2H3/t21-/m0/s1. The van der Waals surface area contributed by atoms with Gasteiger partial charge in [0.25, 0.3) is 5.91 Å². The van der Waals surface area contributed by atoms with Gasteiger partial charge in [-0.1, -0.05) is 24.3 Å². The van der Waals surface area contributed by atoms with Crippen LogP contribution in [-0.2, 0) is 36.8 Å². The number of carbonyl (C=O) groups is 3. The molecule has 2 aromatic carbocycles. The van der Waals surface area contributed by atoms with E-state index in [-0.39, 0.29) is 49.1 Å². The van der Waals surface area contributed by atoms with Crippen molar-refractivity contribution in [3.63, 3.8) is 0 Å². The molecule has 7 nitrogen and oxygen atoms in total. The van der Waals surface area contributed by atoms with Crippen molar-refractivity contribution < 1.29 is 28.2 Å². The second-order valence-corrected chi connectivity index (χ2v) is 8.32. The van der Waals surface area contributed by atoms with Gasteiger partial charge in [-0.25, -0.2) is 4.39 Å². The van der Waals surface area contributed by atoms with Crippen LogP contribution in [0, 0.1) is 11.7 Å². The molecule has 0 saturated carbocycles. The van der Waals surface area contributed by atoms with Crippen LogP contribution in [0.1, 0.15) is 30.9 Å². The number of benzene rings is 2. The van der Waals surface area contributed by atoms with Crippen LogP contribution in [0.3, 0.4) is 0 Å². The summed E-state index contributed by atoms with van der Waals surface area (Å²) in [6.07, 6.45) is 1.70. The largest absolute Gasteiger partial charge is 0.466 e. The van der Waals surface area contributed by atoms with E-state index in [0.29, 0.717) is 30.9 Å². The predicted molar refractivity (Wildman–Crippen MR) is 126 cm³/mol. The van der Waals surface area contributed by atoms with Crippen LogP contribution >= 0.6 is 0 Å². The molecule has 0 spiro atoms. The molecule has 1 saturated heterocycles. The molecule has 1 aliphatic heterocycles. The number of anilines is 1. The lowest BCUT2D eigenvalue weighted by Crippen LogP contribution is -2.43. The number of amides is 2. The fourth-order valence-electron chi connectivity index (χ4n) is 4.08. The third-order valence-electron chi connectivity index (χ3n) is 5.80.